The predicted molar refractivity (Wildman–Crippen MR) is 73.6 cm³/mol. The normalized spacial score (nSPS) is 13.1. The third-order valence-electron chi connectivity index (χ3n) is 2.93. The maximum atomic E-state index is 13.6. The molecule has 0 saturated carbocycles. The van der Waals surface area contributed by atoms with E-state index in [1.807, 2.05) is 13.1 Å². The maximum absolute atomic E-state index is 13.6. The first-order valence-corrected chi connectivity index (χ1v) is 7.14. The third-order valence-corrected chi connectivity index (χ3v) is 3.74. The quantitative estimate of drug-likeness (QED) is 0.848. The van der Waals surface area contributed by atoms with Gasteiger partial charge in [0.05, 0.1) is 0 Å². The molecule has 0 heterocycles. The van der Waals surface area contributed by atoms with Crippen molar-refractivity contribution in [3.63, 3.8) is 0 Å². The molecule has 1 aromatic carbocycles. The number of rotatable bonds is 6. The monoisotopic (exact) mass is 256 g/mol. The lowest BCUT2D eigenvalue weighted by molar-refractivity contribution is 0.266. The summed E-state index contributed by atoms with van der Waals surface area (Å²) in [6.07, 6.45) is 2.08. The minimum absolute atomic E-state index is 0.148. The number of thioether (sulfide) groups is 1. The van der Waals surface area contributed by atoms with Crippen molar-refractivity contribution in [1.82, 2.24) is 4.90 Å². The molecule has 0 spiro atoms. The van der Waals surface area contributed by atoms with Crippen molar-refractivity contribution < 1.29 is 4.39 Å². The molecule has 1 atom stereocenters. The molecule has 1 unspecified atom stereocenters. The van der Waals surface area contributed by atoms with Gasteiger partial charge in [0.15, 0.2) is 0 Å². The number of hydrogen-bond acceptors (Lipinski definition) is 3. The van der Waals surface area contributed by atoms with E-state index < -0.39 is 0 Å². The number of hydrogen-bond donors (Lipinski definition) is 1. The highest BCUT2D eigenvalue weighted by molar-refractivity contribution is 7.98. The summed E-state index contributed by atoms with van der Waals surface area (Å²) in [4.78, 5) is 2.16. The van der Waals surface area contributed by atoms with Crippen LogP contribution in [0.25, 0.3) is 0 Å². The molecule has 0 fully saturated rings. The second-order valence-electron chi connectivity index (χ2n) is 4.35. The Balaban J connectivity index is 2.73. The average molecular weight is 256 g/mol. The lowest BCUT2D eigenvalue weighted by Crippen LogP contribution is -2.30. The zero-order valence-corrected chi connectivity index (χ0v) is 11.6. The van der Waals surface area contributed by atoms with Crippen molar-refractivity contribution in [2.45, 2.75) is 26.1 Å². The molecule has 1 rings (SSSR count). The van der Waals surface area contributed by atoms with Crippen LogP contribution in [0.1, 0.15) is 18.1 Å². The third kappa shape index (κ3) is 4.30. The summed E-state index contributed by atoms with van der Waals surface area (Å²) in [7, 11) is 2.02. The average Bonchev–Trinajstić information content (AvgIpc) is 2.32. The van der Waals surface area contributed by atoms with Crippen LogP contribution < -0.4 is 5.73 Å². The molecule has 17 heavy (non-hydrogen) atoms. The van der Waals surface area contributed by atoms with Crippen LogP contribution in [0.3, 0.4) is 0 Å². The van der Waals surface area contributed by atoms with E-state index in [-0.39, 0.29) is 5.82 Å². The van der Waals surface area contributed by atoms with Gasteiger partial charge in [-0.25, -0.2) is 4.39 Å². The molecule has 0 radical (unpaired) electrons. The summed E-state index contributed by atoms with van der Waals surface area (Å²) in [5.74, 6) is 0.903. The topological polar surface area (TPSA) is 29.3 Å². The van der Waals surface area contributed by atoms with Crippen molar-refractivity contribution >= 4 is 11.8 Å². The van der Waals surface area contributed by atoms with Crippen LogP contribution in [0.5, 0.6) is 0 Å². The lowest BCUT2D eigenvalue weighted by Gasteiger charge is -2.24. The fourth-order valence-corrected chi connectivity index (χ4v) is 2.41. The molecule has 0 bridgehead atoms. The Hall–Kier alpha value is -0.580. The summed E-state index contributed by atoms with van der Waals surface area (Å²) >= 11 is 1.81. The Morgan fingerprint density at radius 2 is 2.18 bits per heavy atom. The zero-order chi connectivity index (χ0) is 12.8. The largest absolute Gasteiger partial charge is 0.326 e. The number of benzene rings is 1. The van der Waals surface area contributed by atoms with Crippen molar-refractivity contribution in [1.29, 1.82) is 0 Å². The highest BCUT2D eigenvalue weighted by atomic mass is 32.2. The minimum Gasteiger partial charge on any atom is -0.326 e. The summed E-state index contributed by atoms with van der Waals surface area (Å²) < 4.78 is 13.6. The van der Waals surface area contributed by atoms with Gasteiger partial charge in [-0.1, -0.05) is 12.1 Å². The van der Waals surface area contributed by atoms with Crippen molar-refractivity contribution in [2.24, 2.45) is 5.73 Å². The first kappa shape index (κ1) is 14.5. The van der Waals surface area contributed by atoms with E-state index >= 15 is 0 Å². The summed E-state index contributed by atoms with van der Waals surface area (Å²) in [5, 5.41) is 0. The van der Waals surface area contributed by atoms with Crippen LogP contribution in [-0.2, 0) is 13.1 Å². The first-order valence-electron chi connectivity index (χ1n) is 5.75. The van der Waals surface area contributed by atoms with Gasteiger partial charge in [-0.2, -0.15) is 11.8 Å². The Morgan fingerprint density at radius 3 is 2.76 bits per heavy atom. The van der Waals surface area contributed by atoms with Crippen LogP contribution in [-0.4, -0.2) is 30.0 Å². The van der Waals surface area contributed by atoms with Crippen LogP contribution in [0.15, 0.2) is 18.2 Å². The second kappa shape index (κ2) is 6.99. The van der Waals surface area contributed by atoms with Crippen LogP contribution in [0.2, 0.25) is 0 Å². The smallest absolute Gasteiger partial charge is 0.127 e. The molecule has 4 heteroatoms. The highest BCUT2D eigenvalue weighted by Crippen LogP contribution is 2.14. The van der Waals surface area contributed by atoms with Gasteiger partial charge >= 0.3 is 0 Å². The van der Waals surface area contributed by atoms with Gasteiger partial charge in [-0.3, -0.25) is 4.90 Å². The molecular weight excluding hydrogens is 235 g/mol. The van der Waals surface area contributed by atoms with Crippen LogP contribution in [0, 0.1) is 5.82 Å². The van der Waals surface area contributed by atoms with Gasteiger partial charge in [0.2, 0.25) is 0 Å². The Morgan fingerprint density at radius 1 is 1.47 bits per heavy atom. The van der Waals surface area contributed by atoms with E-state index in [9.17, 15) is 4.39 Å². The van der Waals surface area contributed by atoms with Gasteiger partial charge < -0.3 is 5.73 Å². The van der Waals surface area contributed by atoms with Crippen LogP contribution in [0.4, 0.5) is 4.39 Å². The molecule has 2 nitrogen and oxygen atoms in total. The Labute approximate surface area is 107 Å². The molecule has 1 aromatic rings. The van der Waals surface area contributed by atoms with Gasteiger partial charge in [0, 0.05) is 30.4 Å². The number of nitrogens with zero attached hydrogens (tertiary/aromatic N) is 1. The van der Waals surface area contributed by atoms with Gasteiger partial charge in [-0.15, -0.1) is 0 Å². The maximum Gasteiger partial charge on any atom is 0.127 e. The Kier molecular flexibility index (Phi) is 5.95. The van der Waals surface area contributed by atoms with Gasteiger partial charge in [-0.05, 0) is 31.9 Å². The summed E-state index contributed by atoms with van der Waals surface area (Å²) in [6.45, 7) is 3.24. The number of halogens is 1. The van der Waals surface area contributed by atoms with E-state index in [4.69, 9.17) is 5.73 Å². The van der Waals surface area contributed by atoms with Crippen LogP contribution >= 0.6 is 11.8 Å². The van der Waals surface area contributed by atoms with Crippen molar-refractivity contribution in [2.75, 3.05) is 19.1 Å². The molecule has 0 saturated heterocycles. The van der Waals surface area contributed by atoms with Crippen molar-refractivity contribution in [3.05, 3.63) is 35.1 Å². The molecular formula is C13H21FN2S. The van der Waals surface area contributed by atoms with Gasteiger partial charge in [0.25, 0.3) is 0 Å². The van der Waals surface area contributed by atoms with E-state index in [2.05, 4.69) is 18.1 Å². The predicted octanol–water partition coefficient (Wildman–Crippen LogP) is 2.47. The van der Waals surface area contributed by atoms with E-state index in [0.717, 1.165) is 16.9 Å². The lowest BCUT2D eigenvalue weighted by atomic mass is 10.1. The molecule has 0 aliphatic rings. The van der Waals surface area contributed by atoms with Gasteiger partial charge in [0.1, 0.15) is 5.82 Å². The summed E-state index contributed by atoms with van der Waals surface area (Å²) in [6, 6.07) is 5.54. The molecule has 96 valence electrons. The molecule has 0 aliphatic heterocycles. The SMILES string of the molecule is CSCC(C)N(C)Cc1cc(CN)ccc1F. The Bertz CT molecular complexity index is 357. The standard InChI is InChI=1S/C13H21FN2S/c1-10(9-17-3)16(2)8-12-6-11(7-15)4-5-13(12)14/h4-6,10H,7-9,15H2,1-3H3. The zero-order valence-electron chi connectivity index (χ0n) is 10.7. The minimum atomic E-state index is -0.148. The number of nitrogens with two attached hydrogens (primary N) is 1. The summed E-state index contributed by atoms with van der Waals surface area (Å²) in [5.41, 5.74) is 7.27. The van der Waals surface area contributed by atoms with E-state index in [1.165, 1.54) is 6.07 Å². The fraction of sp³-hybridized carbons (Fsp3) is 0.538. The molecule has 0 aliphatic carbocycles. The van der Waals surface area contributed by atoms with E-state index in [1.54, 1.807) is 17.8 Å². The second-order valence-corrected chi connectivity index (χ2v) is 5.26. The molecule has 0 aromatic heterocycles. The molecule has 2 N–H and O–H groups in total. The first-order chi connectivity index (χ1) is 8.08. The molecule has 0 amide bonds. The highest BCUT2D eigenvalue weighted by Gasteiger charge is 2.11. The van der Waals surface area contributed by atoms with Crippen molar-refractivity contribution in [3.8, 4) is 0 Å². The van der Waals surface area contributed by atoms with E-state index in [0.29, 0.717) is 19.1 Å². The fourth-order valence-electron chi connectivity index (χ4n) is 1.67.